The molecule has 0 saturated carbocycles. The largest absolute Gasteiger partial charge is 0.143 e. The summed E-state index contributed by atoms with van der Waals surface area (Å²) < 4.78 is 0. The van der Waals surface area contributed by atoms with Crippen molar-refractivity contribution in [3.63, 3.8) is 0 Å². The molecule has 102 valence electrons. The minimum absolute atomic E-state index is 0.0198. The monoisotopic (exact) mass is 292 g/mol. The van der Waals surface area contributed by atoms with E-state index >= 15 is 0 Å². The van der Waals surface area contributed by atoms with E-state index in [1.165, 1.54) is 32.0 Å². The molecule has 2 aromatic rings. The normalized spacial score (nSPS) is 12.7. The highest BCUT2D eigenvalue weighted by Gasteiger charge is 2.15. The van der Waals surface area contributed by atoms with Gasteiger partial charge in [-0.15, -0.1) is 22.9 Å². The van der Waals surface area contributed by atoms with Crippen LogP contribution in [0.25, 0.3) is 0 Å². The first-order valence-electron chi connectivity index (χ1n) is 6.89. The van der Waals surface area contributed by atoms with Crippen LogP contribution in [0.5, 0.6) is 0 Å². The number of thiophene rings is 1. The SMILES string of the molecule is CCc1ccc(C(Cl)c2cc(C)c(C)s2)cc1CC. The van der Waals surface area contributed by atoms with Crippen molar-refractivity contribution in [3.05, 3.63) is 56.3 Å². The van der Waals surface area contributed by atoms with Gasteiger partial charge in [-0.2, -0.15) is 0 Å². The third-order valence-electron chi connectivity index (χ3n) is 3.72. The first-order chi connectivity index (χ1) is 9.06. The van der Waals surface area contributed by atoms with Gasteiger partial charge in [-0.1, -0.05) is 32.0 Å². The quantitative estimate of drug-likeness (QED) is 0.623. The molecule has 0 bridgehead atoms. The summed E-state index contributed by atoms with van der Waals surface area (Å²) in [5.74, 6) is 0. The van der Waals surface area contributed by atoms with Crippen LogP contribution in [0.3, 0.4) is 0 Å². The van der Waals surface area contributed by atoms with Crippen molar-refractivity contribution in [2.45, 2.75) is 45.9 Å². The first-order valence-corrected chi connectivity index (χ1v) is 8.14. The van der Waals surface area contributed by atoms with E-state index in [0.29, 0.717) is 0 Å². The lowest BCUT2D eigenvalue weighted by atomic mass is 9.98. The molecule has 0 spiro atoms. The van der Waals surface area contributed by atoms with E-state index in [1.54, 1.807) is 0 Å². The summed E-state index contributed by atoms with van der Waals surface area (Å²) >= 11 is 8.46. The standard InChI is InChI=1S/C17H21ClS/c1-5-13-7-8-15(10-14(13)6-2)17(18)16-9-11(3)12(4)19-16/h7-10,17H,5-6H2,1-4H3. The number of rotatable bonds is 4. The average molecular weight is 293 g/mol. The molecule has 2 heteroatoms. The smallest absolute Gasteiger partial charge is 0.0928 e. The van der Waals surface area contributed by atoms with Crippen LogP contribution in [-0.4, -0.2) is 0 Å². The van der Waals surface area contributed by atoms with Gasteiger partial charge in [0.2, 0.25) is 0 Å². The lowest BCUT2D eigenvalue weighted by Crippen LogP contribution is -1.96. The van der Waals surface area contributed by atoms with E-state index < -0.39 is 0 Å². The van der Waals surface area contributed by atoms with Gasteiger partial charge in [-0.25, -0.2) is 0 Å². The van der Waals surface area contributed by atoms with Gasteiger partial charge in [0.05, 0.1) is 5.38 Å². The Morgan fingerprint density at radius 1 is 1.05 bits per heavy atom. The topological polar surface area (TPSA) is 0 Å². The molecule has 0 aliphatic rings. The lowest BCUT2D eigenvalue weighted by Gasteiger charge is -2.12. The molecule has 1 aromatic heterocycles. The lowest BCUT2D eigenvalue weighted by molar-refractivity contribution is 1.02. The second kappa shape index (κ2) is 6.11. The highest BCUT2D eigenvalue weighted by molar-refractivity contribution is 7.12. The Morgan fingerprint density at radius 3 is 2.26 bits per heavy atom. The van der Waals surface area contributed by atoms with E-state index in [9.17, 15) is 0 Å². The van der Waals surface area contributed by atoms with Crippen LogP contribution in [0.4, 0.5) is 0 Å². The van der Waals surface area contributed by atoms with Crippen molar-refractivity contribution in [3.8, 4) is 0 Å². The Hall–Kier alpha value is -0.790. The molecule has 2 rings (SSSR count). The van der Waals surface area contributed by atoms with Gasteiger partial charge in [0.15, 0.2) is 0 Å². The van der Waals surface area contributed by atoms with Crippen LogP contribution in [0.15, 0.2) is 24.3 Å². The molecule has 19 heavy (non-hydrogen) atoms. The summed E-state index contributed by atoms with van der Waals surface area (Å²) in [5.41, 5.74) is 5.42. The van der Waals surface area contributed by atoms with Crippen LogP contribution in [0.1, 0.15) is 51.2 Å². The highest BCUT2D eigenvalue weighted by atomic mass is 35.5. The fourth-order valence-electron chi connectivity index (χ4n) is 2.37. The third-order valence-corrected chi connectivity index (χ3v) is 5.55. The predicted octanol–water partition coefficient (Wildman–Crippen LogP) is 5.82. The Kier molecular flexibility index (Phi) is 4.70. The molecule has 1 atom stereocenters. The fourth-order valence-corrected chi connectivity index (χ4v) is 3.75. The Morgan fingerprint density at radius 2 is 1.74 bits per heavy atom. The Balaban J connectivity index is 2.35. The zero-order chi connectivity index (χ0) is 14.0. The summed E-state index contributed by atoms with van der Waals surface area (Å²) in [6.07, 6.45) is 2.16. The van der Waals surface area contributed by atoms with Gasteiger partial charge in [0.25, 0.3) is 0 Å². The predicted molar refractivity (Wildman–Crippen MR) is 86.7 cm³/mol. The molecule has 1 aromatic carbocycles. The molecule has 0 aliphatic carbocycles. The summed E-state index contributed by atoms with van der Waals surface area (Å²) in [6.45, 7) is 8.72. The van der Waals surface area contributed by atoms with Crippen LogP contribution in [-0.2, 0) is 12.8 Å². The number of hydrogen-bond donors (Lipinski definition) is 0. The zero-order valence-corrected chi connectivity index (χ0v) is 13.7. The van der Waals surface area contributed by atoms with E-state index in [1.807, 2.05) is 11.3 Å². The molecule has 1 unspecified atom stereocenters. The number of aryl methyl sites for hydroxylation is 4. The van der Waals surface area contributed by atoms with E-state index in [4.69, 9.17) is 11.6 Å². The Bertz CT molecular complexity index is 549. The summed E-state index contributed by atoms with van der Waals surface area (Å²) in [5, 5.41) is -0.0198. The minimum atomic E-state index is -0.0198. The number of alkyl halides is 1. The van der Waals surface area contributed by atoms with Crippen LogP contribution < -0.4 is 0 Å². The Labute approximate surface area is 125 Å². The van der Waals surface area contributed by atoms with Crippen molar-refractivity contribution in [2.75, 3.05) is 0 Å². The highest BCUT2D eigenvalue weighted by Crippen LogP contribution is 2.36. The molecule has 0 saturated heterocycles. The van der Waals surface area contributed by atoms with Crippen LogP contribution in [0, 0.1) is 13.8 Å². The summed E-state index contributed by atoms with van der Waals surface area (Å²) in [7, 11) is 0. The van der Waals surface area contributed by atoms with Gasteiger partial charge in [-0.3, -0.25) is 0 Å². The molecule has 1 heterocycles. The molecule has 0 fully saturated rings. The molecule has 0 amide bonds. The second-order valence-corrected chi connectivity index (χ2v) is 6.71. The van der Waals surface area contributed by atoms with Crippen molar-refractivity contribution < 1.29 is 0 Å². The summed E-state index contributed by atoms with van der Waals surface area (Å²) in [4.78, 5) is 2.62. The van der Waals surface area contributed by atoms with Gasteiger partial charge in [-0.05, 0) is 55.0 Å². The van der Waals surface area contributed by atoms with Crippen molar-refractivity contribution in [1.82, 2.24) is 0 Å². The molecule has 0 N–H and O–H groups in total. The first kappa shape index (κ1) is 14.6. The third kappa shape index (κ3) is 3.04. The second-order valence-electron chi connectivity index (χ2n) is 4.99. The molecule has 0 aliphatic heterocycles. The average Bonchev–Trinajstić information content (AvgIpc) is 2.77. The van der Waals surface area contributed by atoms with Gasteiger partial charge < -0.3 is 0 Å². The zero-order valence-electron chi connectivity index (χ0n) is 12.1. The summed E-state index contributed by atoms with van der Waals surface area (Å²) in [6, 6.07) is 8.91. The molecule has 0 radical (unpaired) electrons. The fraction of sp³-hybridized carbons (Fsp3) is 0.412. The van der Waals surface area contributed by atoms with Crippen LogP contribution >= 0.6 is 22.9 Å². The molecular formula is C17H21ClS. The minimum Gasteiger partial charge on any atom is -0.143 e. The van der Waals surface area contributed by atoms with E-state index in [-0.39, 0.29) is 5.38 Å². The maximum Gasteiger partial charge on any atom is 0.0928 e. The number of hydrogen-bond acceptors (Lipinski definition) is 1. The van der Waals surface area contributed by atoms with E-state index in [2.05, 4.69) is 52.0 Å². The van der Waals surface area contributed by atoms with Crippen molar-refractivity contribution in [1.29, 1.82) is 0 Å². The maximum absolute atomic E-state index is 6.65. The van der Waals surface area contributed by atoms with Gasteiger partial charge in [0, 0.05) is 9.75 Å². The van der Waals surface area contributed by atoms with Crippen LogP contribution in [0.2, 0.25) is 0 Å². The van der Waals surface area contributed by atoms with Crippen molar-refractivity contribution >= 4 is 22.9 Å². The molecule has 0 nitrogen and oxygen atoms in total. The molecular weight excluding hydrogens is 272 g/mol. The van der Waals surface area contributed by atoms with Crippen molar-refractivity contribution in [2.24, 2.45) is 0 Å². The van der Waals surface area contributed by atoms with E-state index in [0.717, 1.165) is 12.8 Å². The number of benzene rings is 1. The number of halogens is 1. The maximum atomic E-state index is 6.65. The van der Waals surface area contributed by atoms with Gasteiger partial charge >= 0.3 is 0 Å². The van der Waals surface area contributed by atoms with Gasteiger partial charge in [0.1, 0.15) is 0 Å².